The maximum Gasteiger partial charge on any atom is 0.167 e. The molecule has 0 unspecified atom stereocenters. The van der Waals surface area contributed by atoms with Crippen molar-refractivity contribution in [3.05, 3.63) is 158 Å². The SMILES string of the molecule is c1ccc(-c2nc(-c3ccccc3)nc(-c3ccc(-n4c5ccccc5c5ccc6c7ccccc7oc6c54)c4c3oc3ccccc34)n2)cc1. The summed E-state index contributed by atoms with van der Waals surface area (Å²) >= 11 is 0. The third-order valence-electron chi connectivity index (χ3n) is 9.86. The molecule has 0 fully saturated rings. The first-order valence-electron chi connectivity index (χ1n) is 17.0. The highest BCUT2D eigenvalue weighted by Gasteiger charge is 2.24. The van der Waals surface area contributed by atoms with E-state index in [0.717, 1.165) is 82.5 Å². The van der Waals surface area contributed by atoms with Gasteiger partial charge in [-0.15, -0.1) is 0 Å². The zero-order valence-corrected chi connectivity index (χ0v) is 27.1. The van der Waals surface area contributed by atoms with Crippen LogP contribution in [0.5, 0.6) is 0 Å². The minimum atomic E-state index is 0.542. The van der Waals surface area contributed by atoms with Crippen molar-refractivity contribution in [3.8, 4) is 39.9 Å². The minimum absolute atomic E-state index is 0.542. The molecule has 0 aliphatic carbocycles. The van der Waals surface area contributed by atoms with Gasteiger partial charge >= 0.3 is 0 Å². The zero-order valence-electron chi connectivity index (χ0n) is 27.1. The molecule has 6 heteroatoms. The number of rotatable bonds is 4. The lowest BCUT2D eigenvalue weighted by atomic mass is 10.1. The number of benzene rings is 7. The Labute approximate surface area is 290 Å². The standard InChI is InChI=1S/C45H26N4O2/c1-3-13-27(14-4-1)43-46-44(28-15-5-2-6-16-28)48-45(47-43)34-25-26-36(39-33-19-9-12-22-38(33)50-41(34)39)49-35-20-10-7-17-29(35)31-23-24-32-30-18-8-11-21-37(30)51-42(32)40(31)49/h1-26H. The van der Waals surface area contributed by atoms with Gasteiger partial charge in [0.15, 0.2) is 23.1 Å². The van der Waals surface area contributed by atoms with E-state index in [4.69, 9.17) is 23.8 Å². The van der Waals surface area contributed by atoms with Crippen LogP contribution < -0.4 is 0 Å². The molecule has 51 heavy (non-hydrogen) atoms. The molecule has 0 aliphatic heterocycles. The van der Waals surface area contributed by atoms with Crippen molar-refractivity contribution in [1.82, 2.24) is 19.5 Å². The van der Waals surface area contributed by atoms with E-state index in [1.807, 2.05) is 84.9 Å². The maximum absolute atomic E-state index is 6.79. The van der Waals surface area contributed by atoms with E-state index in [-0.39, 0.29) is 0 Å². The van der Waals surface area contributed by atoms with Crippen LogP contribution in [0.1, 0.15) is 0 Å². The molecule has 11 aromatic rings. The van der Waals surface area contributed by atoms with E-state index in [9.17, 15) is 0 Å². The van der Waals surface area contributed by atoms with E-state index in [2.05, 4.69) is 77.4 Å². The summed E-state index contributed by atoms with van der Waals surface area (Å²) < 4.78 is 15.8. The first-order valence-corrected chi connectivity index (χ1v) is 17.0. The normalized spacial score (nSPS) is 11.9. The number of hydrogen-bond donors (Lipinski definition) is 0. The third-order valence-corrected chi connectivity index (χ3v) is 9.86. The molecule has 4 heterocycles. The molecule has 0 spiro atoms. The summed E-state index contributed by atoms with van der Waals surface area (Å²) in [7, 11) is 0. The lowest BCUT2D eigenvalue weighted by molar-refractivity contribution is 0.669. The van der Waals surface area contributed by atoms with E-state index in [1.165, 1.54) is 0 Å². The first kappa shape index (κ1) is 27.9. The van der Waals surface area contributed by atoms with E-state index < -0.39 is 0 Å². The van der Waals surface area contributed by atoms with Crippen LogP contribution in [0.2, 0.25) is 0 Å². The summed E-state index contributed by atoms with van der Waals surface area (Å²) in [6.45, 7) is 0. The molecule has 0 atom stereocenters. The van der Waals surface area contributed by atoms with Gasteiger partial charge in [0.1, 0.15) is 16.7 Å². The van der Waals surface area contributed by atoms with Crippen LogP contribution in [-0.4, -0.2) is 19.5 Å². The zero-order chi connectivity index (χ0) is 33.5. The highest BCUT2D eigenvalue weighted by molar-refractivity contribution is 6.23. The molecule has 6 nitrogen and oxygen atoms in total. The molecular formula is C45H26N4O2. The highest BCUT2D eigenvalue weighted by Crippen LogP contribution is 2.44. The molecule has 0 saturated carbocycles. The van der Waals surface area contributed by atoms with Crippen molar-refractivity contribution in [3.63, 3.8) is 0 Å². The van der Waals surface area contributed by atoms with Crippen LogP contribution in [0.15, 0.2) is 167 Å². The van der Waals surface area contributed by atoms with Crippen LogP contribution in [0.25, 0.3) is 106 Å². The monoisotopic (exact) mass is 654 g/mol. The molecule has 238 valence electrons. The number of hydrogen-bond acceptors (Lipinski definition) is 5. The van der Waals surface area contributed by atoms with Crippen molar-refractivity contribution < 1.29 is 8.83 Å². The Hall–Kier alpha value is -7.05. The molecule has 11 rings (SSSR count). The van der Waals surface area contributed by atoms with Gasteiger partial charge in [0, 0.05) is 38.1 Å². The molecule has 0 amide bonds. The van der Waals surface area contributed by atoms with Crippen LogP contribution in [-0.2, 0) is 0 Å². The summed E-state index contributed by atoms with van der Waals surface area (Å²) in [5.74, 6) is 1.74. The Morgan fingerprint density at radius 2 is 0.941 bits per heavy atom. The van der Waals surface area contributed by atoms with Gasteiger partial charge < -0.3 is 13.4 Å². The fourth-order valence-corrected chi connectivity index (χ4v) is 7.58. The summed E-state index contributed by atoms with van der Waals surface area (Å²) in [4.78, 5) is 15.1. The minimum Gasteiger partial charge on any atom is -0.455 e. The van der Waals surface area contributed by atoms with Gasteiger partial charge in [0.25, 0.3) is 0 Å². The Bertz CT molecular complexity index is 3080. The molecule has 0 aliphatic rings. The van der Waals surface area contributed by atoms with Crippen LogP contribution >= 0.6 is 0 Å². The topological polar surface area (TPSA) is 69.9 Å². The number of para-hydroxylation sites is 3. The lowest BCUT2D eigenvalue weighted by Gasteiger charge is -2.13. The van der Waals surface area contributed by atoms with Gasteiger partial charge in [-0.05, 0) is 36.4 Å². The number of nitrogens with zero attached hydrogens (tertiary/aromatic N) is 4. The van der Waals surface area contributed by atoms with E-state index in [1.54, 1.807) is 0 Å². The second-order valence-electron chi connectivity index (χ2n) is 12.8. The van der Waals surface area contributed by atoms with Gasteiger partial charge in [-0.1, -0.05) is 121 Å². The van der Waals surface area contributed by atoms with Crippen molar-refractivity contribution >= 4 is 65.7 Å². The smallest absolute Gasteiger partial charge is 0.167 e. The molecule has 0 radical (unpaired) electrons. The molecule has 4 aromatic heterocycles. The predicted octanol–water partition coefficient (Wildman–Crippen LogP) is 11.8. The first-order chi connectivity index (χ1) is 25.3. The number of aromatic nitrogens is 4. The molecule has 0 bridgehead atoms. The van der Waals surface area contributed by atoms with Gasteiger partial charge in [-0.3, -0.25) is 0 Å². The van der Waals surface area contributed by atoms with Crippen LogP contribution in [0.4, 0.5) is 0 Å². The number of furan rings is 2. The molecular weight excluding hydrogens is 629 g/mol. The molecule has 0 N–H and O–H groups in total. The van der Waals surface area contributed by atoms with Gasteiger partial charge in [-0.25, -0.2) is 15.0 Å². The van der Waals surface area contributed by atoms with Crippen molar-refractivity contribution in [2.45, 2.75) is 0 Å². The summed E-state index contributed by atoms with van der Waals surface area (Å²) in [6.07, 6.45) is 0. The van der Waals surface area contributed by atoms with Gasteiger partial charge in [0.05, 0.1) is 27.7 Å². The Morgan fingerprint density at radius 3 is 1.67 bits per heavy atom. The van der Waals surface area contributed by atoms with Crippen molar-refractivity contribution in [2.24, 2.45) is 0 Å². The van der Waals surface area contributed by atoms with E-state index >= 15 is 0 Å². The fraction of sp³-hybridized carbons (Fsp3) is 0. The Kier molecular flexibility index (Phi) is 5.86. The molecule has 0 saturated heterocycles. The predicted molar refractivity (Wildman–Crippen MR) is 205 cm³/mol. The lowest BCUT2D eigenvalue weighted by Crippen LogP contribution is -2.01. The maximum atomic E-state index is 6.79. The number of fused-ring (bicyclic) bond motifs is 10. The molecule has 7 aromatic carbocycles. The van der Waals surface area contributed by atoms with Gasteiger partial charge in [-0.2, -0.15) is 0 Å². The van der Waals surface area contributed by atoms with E-state index in [0.29, 0.717) is 23.1 Å². The van der Waals surface area contributed by atoms with Crippen LogP contribution in [0.3, 0.4) is 0 Å². The highest BCUT2D eigenvalue weighted by atomic mass is 16.3. The van der Waals surface area contributed by atoms with Crippen LogP contribution in [0, 0.1) is 0 Å². The summed E-state index contributed by atoms with van der Waals surface area (Å²) in [5, 5.41) is 6.43. The largest absolute Gasteiger partial charge is 0.455 e. The summed E-state index contributed by atoms with van der Waals surface area (Å²) in [5.41, 5.74) is 8.91. The fourth-order valence-electron chi connectivity index (χ4n) is 7.58. The average Bonchev–Trinajstić information content (AvgIpc) is 3.88. The van der Waals surface area contributed by atoms with Gasteiger partial charge in [0.2, 0.25) is 0 Å². The second kappa shape index (κ2) is 10.7. The second-order valence-corrected chi connectivity index (χ2v) is 12.8. The average molecular weight is 655 g/mol. The third kappa shape index (κ3) is 4.14. The summed E-state index contributed by atoms with van der Waals surface area (Å²) in [6, 6.07) is 53.7. The quantitative estimate of drug-likeness (QED) is 0.189. The Balaban J connectivity index is 1.25. The Morgan fingerprint density at radius 1 is 0.392 bits per heavy atom. The van der Waals surface area contributed by atoms with Crippen molar-refractivity contribution in [2.75, 3.05) is 0 Å². The van der Waals surface area contributed by atoms with Crippen molar-refractivity contribution in [1.29, 1.82) is 0 Å².